The Morgan fingerprint density at radius 2 is 1.92 bits per heavy atom. The zero-order valence-corrected chi connectivity index (χ0v) is 16.0. The van der Waals surface area contributed by atoms with Crippen LogP contribution in [-0.4, -0.2) is 73.7 Å². The minimum atomic E-state index is 0.265. The van der Waals surface area contributed by atoms with Gasteiger partial charge >= 0.3 is 0 Å². The third-order valence-electron chi connectivity index (χ3n) is 5.96. The van der Waals surface area contributed by atoms with Crippen molar-refractivity contribution in [2.75, 3.05) is 50.8 Å². The number of benzene rings is 1. The first-order valence-electron chi connectivity index (χ1n) is 9.85. The molecule has 5 nitrogen and oxygen atoms in total. The lowest BCUT2D eigenvalue weighted by Crippen LogP contribution is -2.58. The van der Waals surface area contributed by atoms with E-state index < -0.39 is 0 Å². The summed E-state index contributed by atoms with van der Waals surface area (Å²) in [5.74, 6) is 0.279. The predicted octanol–water partition coefficient (Wildman–Crippen LogP) is 2.63. The van der Waals surface area contributed by atoms with Crippen molar-refractivity contribution >= 4 is 23.2 Å². The van der Waals surface area contributed by atoms with Gasteiger partial charge in [0.25, 0.3) is 0 Å². The quantitative estimate of drug-likeness (QED) is 0.811. The fourth-order valence-electron chi connectivity index (χ4n) is 4.53. The molecule has 4 rings (SSSR count). The van der Waals surface area contributed by atoms with Crippen LogP contribution in [0.25, 0.3) is 0 Å². The van der Waals surface area contributed by atoms with Crippen LogP contribution in [-0.2, 0) is 9.53 Å². The van der Waals surface area contributed by atoms with Gasteiger partial charge in [-0.1, -0.05) is 30.5 Å². The van der Waals surface area contributed by atoms with E-state index >= 15 is 0 Å². The van der Waals surface area contributed by atoms with Crippen LogP contribution in [0.1, 0.15) is 25.7 Å². The summed E-state index contributed by atoms with van der Waals surface area (Å²) in [6, 6.07) is 8.31. The number of fused-ring (bicyclic) bond motifs is 1. The molecule has 0 radical (unpaired) electrons. The highest BCUT2D eigenvalue weighted by Gasteiger charge is 2.37. The first kappa shape index (κ1) is 18.1. The van der Waals surface area contributed by atoms with Crippen molar-refractivity contribution in [2.24, 2.45) is 0 Å². The topological polar surface area (TPSA) is 36.0 Å². The van der Waals surface area contributed by atoms with Gasteiger partial charge in [-0.2, -0.15) is 0 Å². The van der Waals surface area contributed by atoms with Crippen molar-refractivity contribution in [3.63, 3.8) is 0 Å². The molecule has 0 N–H and O–H groups in total. The highest BCUT2D eigenvalue weighted by molar-refractivity contribution is 6.30. The van der Waals surface area contributed by atoms with E-state index in [1.54, 1.807) is 0 Å². The summed E-state index contributed by atoms with van der Waals surface area (Å²) >= 11 is 6.11. The number of carbonyl (C=O) groups excluding carboxylic acids is 1. The number of morpholine rings is 1. The number of rotatable bonds is 3. The molecule has 3 aliphatic rings. The molecule has 26 heavy (non-hydrogen) atoms. The maximum absolute atomic E-state index is 12.9. The zero-order valence-electron chi connectivity index (χ0n) is 15.3. The fraction of sp³-hybridized carbons (Fsp3) is 0.650. The van der Waals surface area contributed by atoms with Gasteiger partial charge in [0.05, 0.1) is 25.3 Å². The second-order valence-electron chi connectivity index (χ2n) is 7.59. The minimum absolute atomic E-state index is 0.265. The third-order valence-corrected chi connectivity index (χ3v) is 6.19. The van der Waals surface area contributed by atoms with Crippen molar-refractivity contribution in [1.29, 1.82) is 0 Å². The number of piperazine rings is 1. The highest BCUT2D eigenvalue weighted by Crippen LogP contribution is 2.28. The van der Waals surface area contributed by atoms with Crippen LogP contribution in [0.3, 0.4) is 0 Å². The fourth-order valence-corrected chi connectivity index (χ4v) is 4.71. The molecule has 2 atom stereocenters. The Balaban J connectivity index is 1.30. The van der Waals surface area contributed by atoms with Crippen molar-refractivity contribution in [2.45, 2.75) is 37.8 Å². The summed E-state index contributed by atoms with van der Waals surface area (Å²) in [4.78, 5) is 19.7. The molecule has 142 valence electrons. The summed E-state index contributed by atoms with van der Waals surface area (Å²) in [6.07, 6.45) is 4.91. The zero-order chi connectivity index (χ0) is 17.9. The smallest absolute Gasteiger partial charge is 0.237 e. The summed E-state index contributed by atoms with van der Waals surface area (Å²) in [7, 11) is 0. The van der Waals surface area contributed by atoms with Crippen molar-refractivity contribution < 1.29 is 9.53 Å². The average Bonchev–Trinajstić information content (AvgIpc) is 2.68. The molecule has 0 aromatic heterocycles. The number of hydrogen-bond acceptors (Lipinski definition) is 4. The Kier molecular flexibility index (Phi) is 5.67. The van der Waals surface area contributed by atoms with Crippen molar-refractivity contribution in [3.05, 3.63) is 29.3 Å². The summed E-state index contributed by atoms with van der Waals surface area (Å²) in [5, 5.41) is 0.773. The monoisotopic (exact) mass is 377 g/mol. The van der Waals surface area contributed by atoms with Crippen molar-refractivity contribution in [3.8, 4) is 0 Å². The number of hydrogen-bond donors (Lipinski definition) is 0. The summed E-state index contributed by atoms with van der Waals surface area (Å²) in [5.41, 5.74) is 1.17. The molecule has 0 spiro atoms. The number of amides is 1. The molecule has 0 bridgehead atoms. The Hall–Kier alpha value is -1.30. The molecule has 2 aliphatic heterocycles. The van der Waals surface area contributed by atoms with Crippen LogP contribution in [0.2, 0.25) is 5.02 Å². The van der Waals surface area contributed by atoms with Gasteiger partial charge in [-0.3, -0.25) is 9.69 Å². The molecule has 6 heteroatoms. The lowest BCUT2D eigenvalue weighted by Gasteiger charge is -2.44. The SMILES string of the molecule is O=C(CN1CCN(c2cccc(Cl)c2)CC1)N1CCO[C@@H]2CCCC[C@H]21. The van der Waals surface area contributed by atoms with E-state index in [9.17, 15) is 4.79 Å². The first-order chi connectivity index (χ1) is 12.7. The van der Waals surface area contributed by atoms with Crippen LogP contribution >= 0.6 is 11.6 Å². The Morgan fingerprint density at radius 1 is 1.12 bits per heavy atom. The summed E-state index contributed by atoms with van der Waals surface area (Å²) in [6.45, 7) is 5.67. The van der Waals surface area contributed by atoms with E-state index in [0.717, 1.165) is 50.6 Å². The summed E-state index contributed by atoms with van der Waals surface area (Å²) < 4.78 is 5.90. The molecule has 3 fully saturated rings. The normalized spacial score (nSPS) is 27.3. The van der Waals surface area contributed by atoms with E-state index in [1.807, 2.05) is 18.2 Å². The van der Waals surface area contributed by atoms with E-state index in [4.69, 9.17) is 16.3 Å². The van der Waals surface area contributed by atoms with Crippen LogP contribution in [0.5, 0.6) is 0 Å². The molecule has 1 aliphatic carbocycles. The highest BCUT2D eigenvalue weighted by atomic mass is 35.5. The Bertz CT molecular complexity index is 631. The van der Waals surface area contributed by atoms with Gasteiger partial charge in [0.2, 0.25) is 5.91 Å². The maximum atomic E-state index is 12.9. The Labute approximate surface area is 160 Å². The average molecular weight is 378 g/mol. The third kappa shape index (κ3) is 4.00. The van der Waals surface area contributed by atoms with Crippen molar-refractivity contribution in [1.82, 2.24) is 9.80 Å². The predicted molar refractivity (Wildman–Crippen MR) is 104 cm³/mol. The van der Waals surface area contributed by atoms with E-state index in [0.29, 0.717) is 19.2 Å². The van der Waals surface area contributed by atoms with E-state index in [-0.39, 0.29) is 12.0 Å². The van der Waals surface area contributed by atoms with E-state index in [2.05, 4.69) is 20.8 Å². The first-order valence-corrected chi connectivity index (χ1v) is 10.2. The molecule has 1 aromatic rings. The van der Waals surface area contributed by atoms with Gasteiger partial charge in [0.15, 0.2) is 0 Å². The molecular formula is C20H28ClN3O2. The maximum Gasteiger partial charge on any atom is 0.237 e. The van der Waals surface area contributed by atoms with Crippen LogP contribution in [0.4, 0.5) is 5.69 Å². The molecule has 2 saturated heterocycles. The standard InChI is InChI=1S/C20H28ClN3O2/c21-16-4-3-5-17(14-16)23-10-8-22(9-11-23)15-20(25)24-12-13-26-19-7-2-1-6-18(19)24/h3-5,14,18-19H,1-2,6-13,15H2/t18-,19-/m1/s1. The van der Waals surface area contributed by atoms with Gasteiger partial charge in [0.1, 0.15) is 0 Å². The molecule has 1 amide bonds. The second-order valence-corrected chi connectivity index (χ2v) is 8.03. The van der Waals surface area contributed by atoms with Crippen LogP contribution < -0.4 is 4.90 Å². The van der Waals surface area contributed by atoms with Gasteiger partial charge in [0, 0.05) is 43.4 Å². The van der Waals surface area contributed by atoms with Crippen LogP contribution in [0.15, 0.2) is 24.3 Å². The largest absolute Gasteiger partial charge is 0.374 e. The molecule has 2 heterocycles. The number of nitrogens with zero attached hydrogens (tertiary/aromatic N) is 3. The lowest BCUT2D eigenvalue weighted by molar-refractivity contribution is -0.150. The minimum Gasteiger partial charge on any atom is -0.374 e. The van der Waals surface area contributed by atoms with E-state index in [1.165, 1.54) is 18.5 Å². The molecular weight excluding hydrogens is 350 g/mol. The molecule has 0 unspecified atom stereocenters. The number of halogens is 1. The number of carbonyl (C=O) groups is 1. The lowest BCUT2D eigenvalue weighted by atomic mass is 9.90. The molecule has 1 saturated carbocycles. The second kappa shape index (κ2) is 8.15. The van der Waals surface area contributed by atoms with Crippen LogP contribution in [0, 0.1) is 0 Å². The Morgan fingerprint density at radius 3 is 2.73 bits per heavy atom. The molecule has 1 aromatic carbocycles. The number of ether oxygens (including phenoxy) is 1. The van der Waals surface area contributed by atoms with Gasteiger partial charge in [-0.05, 0) is 31.0 Å². The van der Waals surface area contributed by atoms with Gasteiger partial charge in [-0.15, -0.1) is 0 Å². The number of anilines is 1. The van der Waals surface area contributed by atoms with Gasteiger partial charge in [-0.25, -0.2) is 0 Å². The van der Waals surface area contributed by atoms with Gasteiger partial charge < -0.3 is 14.5 Å².